The number of thioether (sulfide) groups is 1. The molecule has 0 unspecified atom stereocenters. The molecule has 10 nitrogen and oxygen atoms in total. The van der Waals surface area contributed by atoms with Crippen molar-refractivity contribution < 1.29 is 13.9 Å². The number of thiazole rings is 1. The van der Waals surface area contributed by atoms with Crippen LogP contribution >= 0.6 is 34.9 Å². The first-order valence-corrected chi connectivity index (χ1v) is 14.7. The van der Waals surface area contributed by atoms with E-state index in [1.54, 1.807) is 22.2 Å². The van der Waals surface area contributed by atoms with Gasteiger partial charge >= 0.3 is 0 Å². The van der Waals surface area contributed by atoms with Gasteiger partial charge in [0, 0.05) is 13.1 Å². The van der Waals surface area contributed by atoms with Gasteiger partial charge in [-0.15, -0.1) is 16.4 Å². The largest absolute Gasteiger partial charge is 0.448 e. The highest BCUT2D eigenvalue weighted by atomic mass is 32.2. The number of morpholine rings is 1. The lowest BCUT2D eigenvalue weighted by Gasteiger charge is -2.26. The molecule has 0 spiro atoms. The Morgan fingerprint density at radius 1 is 1.18 bits per heavy atom. The maximum Gasteiger partial charge on any atom is 0.233 e. The van der Waals surface area contributed by atoms with Crippen LogP contribution in [0, 0.1) is 0 Å². The average molecular weight is 566 g/mol. The molecule has 0 saturated carbocycles. The number of ether oxygens (including phenoxy) is 1. The molecule has 13 heteroatoms. The van der Waals surface area contributed by atoms with Crippen LogP contribution in [0.15, 0.2) is 72.6 Å². The SMILES string of the molecule is O=C(CSc1nc2ccc(N=Cc3ccc(Sc4nnnn4C4=CCCC=C4)o3)cc2s1)N1CCOCC1. The zero-order chi connectivity index (χ0) is 25.7. The molecule has 1 saturated heterocycles. The summed E-state index contributed by atoms with van der Waals surface area (Å²) in [6, 6.07) is 9.61. The minimum Gasteiger partial charge on any atom is -0.448 e. The number of aliphatic imine (C=N–C) groups is 1. The minimum atomic E-state index is 0.123. The molecule has 0 N–H and O–H groups in total. The normalized spacial score (nSPS) is 16.0. The van der Waals surface area contributed by atoms with Gasteiger partial charge in [0.25, 0.3) is 0 Å². The predicted molar refractivity (Wildman–Crippen MR) is 148 cm³/mol. The van der Waals surface area contributed by atoms with Crippen molar-refractivity contribution in [1.82, 2.24) is 30.1 Å². The topological polar surface area (TPSA) is 112 Å². The zero-order valence-corrected chi connectivity index (χ0v) is 22.7. The van der Waals surface area contributed by atoms with Gasteiger partial charge in [0.15, 0.2) is 9.43 Å². The third-order valence-electron chi connectivity index (χ3n) is 5.83. The number of rotatable bonds is 8. The van der Waals surface area contributed by atoms with Gasteiger partial charge < -0.3 is 14.1 Å². The number of amides is 1. The molecule has 3 aromatic heterocycles. The van der Waals surface area contributed by atoms with Gasteiger partial charge in [0.1, 0.15) is 5.76 Å². The number of hydrogen-bond donors (Lipinski definition) is 0. The van der Waals surface area contributed by atoms with E-state index in [0.717, 1.165) is 38.8 Å². The van der Waals surface area contributed by atoms with Gasteiger partial charge in [-0.3, -0.25) is 9.79 Å². The van der Waals surface area contributed by atoms with E-state index in [4.69, 9.17) is 9.15 Å². The van der Waals surface area contributed by atoms with Crippen LogP contribution in [0.1, 0.15) is 18.6 Å². The Hall–Kier alpha value is -3.26. The predicted octanol–water partition coefficient (Wildman–Crippen LogP) is 4.92. The molecule has 38 heavy (non-hydrogen) atoms. The van der Waals surface area contributed by atoms with Gasteiger partial charge in [0.2, 0.25) is 11.1 Å². The van der Waals surface area contributed by atoms with Gasteiger partial charge in [-0.05, 0) is 71.4 Å². The van der Waals surface area contributed by atoms with Crippen molar-refractivity contribution >= 4 is 68.6 Å². The first-order valence-electron chi connectivity index (χ1n) is 12.1. The van der Waals surface area contributed by atoms with E-state index in [9.17, 15) is 4.79 Å². The first-order chi connectivity index (χ1) is 18.7. The van der Waals surface area contributed by atoms with Crippen molar-refractivity contribution in [2.75, 3.05) is 32.1 Å². The van der Waals surface area contributed by atoms with Crippen LogP contribution in [-0.4, -0.2) is 74.3 Å². The van der Waals surface area contributed by atoms with Crippen LogP contribution < -0.4 is 0 Å². The molecule has 0 bridgehead atoms. The summed E-state index contributed by atoms with van der Waals surface area (Å²) in [6.07, 6.45) is 9.95. The summed E-state index contributed by atoms with van der Waals surface area (Å²) in [5.74, 6) is 1.13. The van der Waals surface area contributed by atoms with E-state index in [-0.39, 0.29) is 5.91 Å². The van der Waals surface area contributed by atoms with Gasteiger partial charge in [-0.25, -0.2) is 4.98 Å². The van der Waals surface area contributed by atoms with E-state index in [0.29, 0.717) is 48.1 Å². The fourth-order valence-electron chi connectivity index (χ4n) is 3.91. The number of nitrogens with zero attached hydrogens (tertiary/aromatic N) is 7. The lowest BCUT2D eigenvalue weighted by Crippen LogP contribution is -2.41. The number of tetrazole rings is 1. The molecule has 4 heterocycles. The Morgan fingerprint density at radius 2 is 2.11 bits per heavy atom. The third kappa shape index (κ3) is 5.90. The Labute approximate surface area is 230 Å². The van der Waals surface area contributed by atoms with Gasteiger partial charge in [0.05, 0.1) is 46.8 Å². The number of fused-ring (bicyclic) bond motifs is 1. The molecule has 1 aliphatic heterocycles. The maximum atomic E-state index is 12.4. The number of aromatic nitrogens is 5. The number of allylic oxidation sites excluding steroid dienone is 4. The number of carbonyl (C=O) groups is 1. The monoisotopic (exact) mass is 565 g/mol. The van der Waals surface area contributed by atoms with Crippen LogP contribution in [-0.2, 0) is 9.53 Å². The van der Waals surface area contributed by atoms with Gasteiger partial charge in [-0.1, -0.05) is 23.9 Å². The molecule has 4 aromatic rings. The van der Waals surface area contributed by atoms with Gasteiger partial charge in [-0.2, -0.15) is 4.68 Å². The van der Waals surface area contributed by atoms with E-state index in [1.165, 1.54) is 23.5 Å². The van der Waals surface area contributed by atoms with Crippen LogP contribution in [0.2, 0.25) is 0 Å². The number of furan rings is 1. The van der Waals surface area contributed by atoms with Crippen LogP contribution in [0.25, 0.3) is 15.9 Å². The number of benzene rings is 1. The summed E-state index contributed by atoms with van der Waals surface area (Å²) < 4.78 is 14.9. The fraction of sp³-hybridized carbons (Fsp3) is 0.280. The summed E-state index contributed by atoms with van der Waals surface area (Å²) in [7, 11) is 0. The fourth-order valence-corrected chi connectivity index (χ4v) is 6.67. The Morgan fingerprint density at radius 3 is 2.97 bits per heavy atom. The summed E-state index contributed by atoms with van der Waals surface area (Å²) in [4.78, 5) is 23.5. The minimum absolute atomic E-state index is 0.123. The molecule has 1 aliphatic carbocycles. The molecule has 1 aromatic carbocycles. The highest BCUT2D eigenvalue weighted by Gasteiger charge is 2.18. The second-order valence-electron chi connectivity index (χ2n) is 8.41. The van der Waals surface area contributed by atoms with Crippen molar-refractivity contribution in [2.24, 2.45) is 4.99 Å². The first kappa shape index (κ1) is 25.0. The molecule has 194 valence electrons. The highest BCUT2D eigenvalue weighted by molar-refractivity contribution is 8.01. The second kappa shape index (κ2) is 11.6. The maximum absolute atomic E-state index is 12.4. The lowest BCUT2D eigenvalue weighted by molar-refractivity contribution is -0.132. The van der Waals surface area contributed by atoms with E-state index >= 15 is 0 Å². The zero-order valence-electron chi connectivity index (χ0n) is 20.2. The van der Waals surface area contributed by atoms with Crippen LogP contribution in [0.5, 0.6) is 0 Å². The molecule has 1 amide bonds. The average Bonchev–Trinajstić information content (AvgIpc) is 3.71. The van der Waals surface area contributed by atoms with Crippen molar-refractivity contribution in [3.05, 3.63) is 54.3 Å². The van der Waals surface area contributed by atoms with Crippen molar-refractivity contribution in [3.63, 3.8) is 0 Å². The summed E-state index contributed by atoms with van der Waals surface area (Å²) in [6.45, 7) is 2.53. The smallest absolute Gasteiger partial charge is 0.233 e. The van der Waals surface area contributed by atoms with E-state index in [2.05, 4.69) is 37.7 Å². The molecule has 0 atom stereocenters. The van der Waals surface area contributed by atoms with Crippen molar-refractivity contribution in [2.45, 2.75) is 27.4 Å². The van der Waals surface area contributed by atoms with Crippen molar-refractivity contribution in [1.29, 1.82) is 0 Å². The number of hydrogen-bond acceptors (Lipinski definition) is 11. The van der Waals surface area contributed by atoms with Crippen LogP contribution in [0.3, 0.4) is 0 Å². The highest BCUT2D eigenvalue weighted by Crippen LogP contribution is 2.33. The summed E-state index contributed by atoms with van der Waals surface area (Å²) in [5.41, 5.74) is 2.65. The Bertz CT molecular complexity index is 1530. The quantitative estimate of drug-likeness (QED) is 0.217. The summed E-state index contributed by atoms with van der Waals surface area (Å²) in [5, 5.41) is 13.4. The molecular formula is C25H23N7O3S3. The second-order valence-corrected chi connectivity index (χ2v) is 11.6. The third-order valence-corrected chi connectivity index (χ3v) is 8.83. The number of carbonyl (C=O) groups excluding carboxylic acids is 1. The van der Waals surface area contributed by atoms with Crippen molar-refractivity contribution in [3.8, 4) is 0 Å². The van der Waals surface area contributed by atoms with E-state index in [1.807, 2.05) is 41.3 Å². The standard InChI is InChI=1S/C25H23N7O3S3/c33-22(31-10-12-34-13-11-31)16-36-25-27-20-8-6-17(14-21(20)37-25)26-15-19-7-9-23(35-19)38-24-28-29-30-32(24)18-4-2-1-3-5-18/h2,4-9,14-15H,1,3,10-13,16H2. The molecular weight excluding hydrogens is 543 g/mol. The Balaban J connectivity index is 1.08. The van der Waals surface area contributed by atoms with E-state index < -0.39 is 0 Å². The molecule has 1 fully saturated rings. The summed E-state index contributed by atoms with van der Waals surface area (Å²) >= 11 is 4.40. The molecule has 6 rings (SSSR count). The molecule has 0 radical (unpaired) electrons. The molecule has 2 aliphatic rings. The van der Waals surface area contributed by atoms with Crippen LogP contribution in [0.4, 0.5) is 5.69 Å². The Kier molecular flexibility index (Phi) is 7.67. The lowest BCUT2D eigenvalue weighted by atomic mass is 10.1.